The van der Waals surface area contributed by atoms with Crippen molar-refractivity contribution in [1.82, 2.24) is 4.57 Å². The van der Waals surface area contributed by atoms with Crippen molar-refractivity contribution in [2.75, 3.05) is 13.2 Å². The molecular weight excluding hydrogens is 375 g/mol. The van der Waals surface area contributed by atoms with Crippen LogP contribution in [0.2, 0.25) is 0 Å². The molecule has 0 bridgehead atoms. The summed E-state index contributed by atoms with van der Waals surface area (Å²) in [7, 11) is 0. The highest BCUT2D eigenvalue weighted by Gasteiger charge is 2.30. The van der Waals surface area contributed by atoms with Crippen LogP contribution in [0.3, 0.4) is 0 Å². The molecule has 6 nitrogen and oxygen atoms in total. The van der Waals surface area contributed by atoms with Gasteiger partial charge in [0.1, 0.15) is 36.0 Å². The van der Waals surface area contributed by atoms with Crippen molar-refractivity contribution in [1.29, 1.82) is 5.26 Å². The Kier molecular flexibility index (Phi) is 5.05. The van der Waals surface area contributed by atoms with Gasteiger partial charge in [-0.05, 0) is 48.7 Å². The van der Waals surface area contributed by atoms with Gasteiger partial charge in [-0.3, -0.25) is 9.36 Å². The number of pyridine rings is 1. The normalized spacial score (nSPS) is 14.6. The van der Waals surface area contributed by atoms with Crippen molar-refractivity contribution in [2.24, 2.45) is 0 Å². The van der Waals surface area contributed by atoms with Crippen molar-refractivity contribution >= 4 is 10.8 Å². The van der Waals surface area contributed by atoms with Gasteiger partial charge in [0.25, 0.3) is 5.56 Å². The number of nitriles is 1. The average molecular weight is 394 g/mol. The Balaban J connectivity index is 1.98. The third-order valence-electron chi connectivity index (χ3n) is 4.97. The van der Waals surface area contributed by atoms with Gasteiger partial charge in [-0.25, -0.2) is 4.39 Å². The summed E-state index contributed by atoms with van der Waals surface area (Å²) in [4.78, 5) is 13.1. The molecule has 1 aliphatic rings. The van der Waals surface area contributed by atoms with Crippen LogP contribution >= 0.6 is 0 Å². The van der Waals surface area contributed by atoms with Gasteiger partial charge in [0.05, 0.1) is 6.61 Å². The predicted molar refractivity (Wildman–Crippen MR) is 105 cm³/mol. The molecule has 1 aliphatic carbocycles. The molecule has 3 aromatic rings. The highest BCUT2D eigenvalue weighted by molar-refractivity contribution is 5.99. The van der Waals surface area contributed by atoms with Gasteiger partial charge in [-0.2, -0.15) is 5.26 Å². The van der Waals surface area contributed by atoms with Crippen molar-refractivity contribution in [3.05, 3.63) is 64.3 Å². The summed E-state index contributed by atoms with van der Waals surface area (Å²) in [6, 6.07) is 12.9. The predicted octanol–water partition coefficient (Wildman–Crippen LogP) is 2.75. The highest BCUT2D eigenvalue weighted by Crippen LogP contribution is 2.39. The quantitative estimate of drug-likeness (QED) is 0.670. The van der Waals surface area contributed by atoms with Crippen molar-refractivity contribution < 1.29 is 19.3 Å². The fourth-order valence-corrected chi connectivity index (χ4v) is 3.46. The highest BCUT2D eigenvalue weighted by atomic mass is 19.1. The van der Waals surface area contributed by atoms with Crippen LogP contribution in [-0.2, 0) is 0 Å². The Morgan fingerprint density at radius 3 is 2.69 bits per heavy atom. The SMILES string of the molecule is N#Cc1c(-c2cccc(F)c2)c2cc(OCC(O)CO)ccc2c(=O)n1C1CC1. The van der Waals surface area contributed by atoms with E-state index in [9.17, 15) is 19.6 Å². The van der Waals surface area contributed by atoms with Crippen LogP contribution in [0.25, 0.3) is 21.9 Å². The topological polar surface area (TPSA) is 95.5 Å². The summed E-state index contributed by atoms with van der Waals surface area (Å²) in [6.45, 7) is -0.561. The van der Waals surface area contributed by atoms with E-state index in [2.05, 4.69) is 6.07 Å². The Bertz CT molecular complexity index is 1180. The Labute approximate surface area is 166 Å². The second kappa shape index (κ2) is 7.66. The summed E-state index contributed by atoms with van der Waals surface area (Å²) in [6.07, 6.45) is 0.609. The number of ether oxygens (including phenoxy) is 1. The maximum Gasteiger partial charge on any atom is 0.259 e. The molecule has 0 saturated heterocycles. The summed E-state index contributed by atoms with van der Waals surface area (Å²) in [5.41, 5.74) is 0.902. The van der Waals surface area contributed by atoms with E-state index in [1.165, 1.54) is 16.7 Å². The molecule has 1 saturated carbocycles. The lowest BCUT2D eigenvalue weighted by Gasteiger charge is -2.17. The molecule has 1 fully saturated rings. The summed E-state index contributed by atoms with van der Waals surface area (Å²) < 4.78 is 21.0. The molecule has 2 aromatic carbocycles. The van der Waals surface area contributed by atoms with E-state index in [4.69, 9.17) is 9.84 Å². The number of fused-ring (bicyclic) bond motifs is 1. The monoisotopic (exact) mass is 394 g/mol. The number of halogens is 1. The number of hydrogen-bond acceptors (Lipinski definition) is 5. The van der Waals surface area contributed by atoms with E-state index in [0.29, 0.717) is 27.6 Å². The zero-order valence-corrected chi connectivity index (χ0v) is 15.5. The lowest BCUT2D eigenvalue weighted by atomic mass is 9.96. The van der Waals surface area contributed by atoms with E-state index in [1.807, 2.05) is 0 Å². The number of benzene rings is 2. The van der Waals surface area contributed by atoms with E-state index in [-0.39, 0.29) is 23.9 Å². The molecule has 0 amide bonds. The van der Waals surface area contributed by atoms with E-state index in [1.54, 1.807) is 30.3 Å². The molecule has 29 heavy (non-hydrogen) atoms. The molecule has 7 heteroatoms. The molecule has 4 rings (SSSR count). The van der Waals surface area contributed by atoms with Gasteiger partial charge in [-0.1, -0.05) is 12.1 Å². The van der Waals surface area contributed by atoms with Crippen LogP contribution in [0.15, 0.2) is 47.3 Å². The zero-order valence-electron chi connectivity index (χ0n) is 15.5. The van der Waals surface area contributed by atoms with E-state index < -0.39 is 18.5 Å². The lowest BCUT2D eigenvalue weighted by Crippen LogP contribution is -2.23. The first-order valence-electron chi connectivity index (χ1n) is 9.33. The van der Waals surface area contributed by atoms with Gasteiger partial charge in [0.2, 0.25) is 0 Å². The Morgan fingerprint density at radius 1 is 1.24 bits per heavy atom. The molecule has 1 heterocycles. The fourth-order valence-electron chi connectivity index (χ4n) is 3.46. The van der Waals surface area contributed by atoms with Crippen LogP contribution in [0.1, 0.15) is 24.6 Å². The van der Waals surface area contributed by atoms with Gasteiger partial charge in [-0.15, -0.1) is 0 Å². The second-order valence-electron chi connectivity index (χ2n) is 7.11. The van der Waals surface area contributed by atoms with Crippen LogP contribution in [0.5, 0.6) is 5.75 Å². The number of aliphatic hydroxyl groups excluding tert-OH is 2. The Morgan fingerprint density at radius 2 is 2.03 bits per heavy atom. The Hall–Kier alpha value is -3.21. The number of nitrogens with zero attached hydrogens (tertiary/aromatic N) is 2. The van der Waals surface area contributed by atoms with E-state index >= 15 is 0 Å². The zero-order chi connectivity index (χ0) is 20.5. The van der Waals surface area contributed by atoms with Crippen molar-refractivity contribution in [2.45, 2.75) is 25.0 Å². The van der Waals surface area contributed by atoms with E-state index in [0.717, 1.165) is 12.8 Å². The molecule has 0 aliphatic heterocycles. The smallest absolute Gasteiger partial charge is 0.259 e. The number of hydrogen-bond donors (Lipinski definition) is 2. The molecule has 1 aromatic heterocycles. The maximum atomic E-state index is 13.9. The molecule has 0 spiro atoms. The molecule has 148 valence electrons. The first kappa shape index (κ1) is 19.1. The van der Waals surface area contributed by atoms with Crippen LogP contribution in [-0.4, -0.2) is 34.1 Å². The summed E-state index contributed by atoms with van der Waals surface area (Å²) >= 11 is 0. The molecule has 0 radical (unpaired) electrons. The van der Waals surface area contributed by atoms with Gasteiger partial charge >= 0.3 is 0 Å². The maximum absolute atomic E-state index is 13.9. The molecule has 1 unspecified atom stereocenters. The van der Waals surface area contributed by atoms with Gasteiger partial charge < -0.3 is 14.9 Å². The second-order valence-corrected chi connectivity index (χ2v) is 7.11. The largest absolute Gasteiger partial charge is 0.491 e. The van der Waals surface area contributed by atoms with Gasteiger partial charge in [0.15, 0.2) is 0 Å². The molecule has 2 N–H and O–H groups in total. The first-order chi connectivity index (χ1) is 14.0. The van der Waals surface area contributed by atoms with Crippen LogP contribution in [0.4, 0.5) is 4.39 Å². The summed E-state index contributed by atoms with van der Waals surface area (Å²) in [5, 5.41) is 29.2. The third-order valence-corrected chi connectivity index (χ3v) is 4.97. The van der Waals surface area contributed by atoms with Crippen LogP contribution < -0.4 is 10.3 Å². The fraction of sp³-hybridized carbons (Fsp3) is 0.273. The van der Waals surface area contributed by atoms with Crippen molar-refractivity contribution in [3.8, 4) is 22.9 Å². The third kappa shape index (κ3) is 3.60. The number of aromatic nitrogens is 1. The first-order valence-corrected chi connectivity index (χ1v) is 9.33. The van der Waals surface area contributed by atoms with Crippen molar-refractivity contribution in [3.63, 3.8) is 0 Å². The lowest BCUT2D eigenvalue weighted by molar-refractivity contribution is 0.0536. The minimum absolute atomic E-state index is 0.0236. The van der Waals surface area contributed by atoms with Crippen LogP contribution in [0, 0.1) is 17.1 Å². The standard InChI is InChI=1S/C22H19FN2O4/c23-14-3-1-2-13(8-14)21-19-9-17(29-12-16(27)11-26)6-7-18(19)22(28)25(15-4-5-15)20(21)10-24/h1-3,6-9,15-16,26-27H,4-5,11-12H2. The molecular formula is C22H19FN2O4. The molecule has 1 atom stereocenters. The van der Waals surface area contributed by atoms with Gasteiger partial charge in [0, 0.05) is 22.4 Å². The number of aliphatic hydroxyl groups is 2. The minimum atomic E-state index is -1.04. The average Bonchev–Trinajstić information content (AvgIpc) is 3.56. The number of rotatable bonds is 6. The summed E-state index contributed by atoms with van der Waals surface area (Å²) in [5.74, 6) is -0.0719. The minimum Gasteiger partial charge on any atom is -0.491 e.